The van der Waals surface area contributed by atoms with Gasteiger partial charge in [-0.15, -0.1) is 0 Å². The molecular formula is C27H33N3O4. The molecule has 0 N–H and O–H groups in total. The number of hydrogen-bond donors (Lipinski definition) is 0. The molecule has 34 heavy (non-hydrogen) atoms. The summed E-state index contributed by atoms with van der Waals surface area (Å²) in [4.78, 5) is 20.0. The average Bonchev–Trinajstić information content (AvgIpc) is 3.15. The molecule has 7 nitrogen and oxygen atoms in total. The summed E-state index contributed by atoms with van der Waals surface area (Å²) in [5, 5.41) is 0. The van der Waals surface area contributed by atoms with Crippen LogP contribution in [0.3, 0.4) is 0 Å². The number of carbonyl (C=O) groups is 1. The molecule has 2 aromatic carbocycles. The molecule has 1 saturated heterocycles. The van der Waals surface area contributed by atoms with E-state index in [0.717, 1.165) is 80.5 Å². The number of allylic oxidation sites excluding steroid dienone is 1. The van der Waals surface area contributed by atoms with Gasteiger partial charge in [0.1, 0.15) is 18.2 Å². The zero-order chi connectivity index (χ0) is 23.7. The van der Waals surface area contributed by atoms with Crippen LogP contribution in [0, 0.1) is 6.92 Å². The Morgan fingerprint density at radius 3 is 2.50 bits per heavy atom. The van der Waals surface area contributed by atoms with Crippen LogP contribution < -0.4 is 14.4 Å². The SMILES string of the molecule is Cc1c2c(cc3c1O/C(=C\c1ccc(N(C)C)cc1)C3=O)CN(CCCN1CCOCC1)CO2. The fraction of sp³-hybridized carbons (Fsp3) is 0.444. The molecule has 5 rings (SSSR count). The normalized spacial score (nSPS) is 19.5. The predicted molar refractivity (Wildman–Crippen MR) is 133 cm³/mol. The summed E-state index contributed by atoms with van der Waals surface area (Å²) in [7, 11) is 4.01. The van der Waals surface area contributed by atoms with Crippen molar-refractivity contribution in [3.05, 3.63) is 58.3 Å². The van der Waals surface area contributed by atoms with Crippen LogP contribution in [0.25, 0.3) is 6.08 Å². The Kier molecular flexibility index (Phi) is 6.59. The van der Waals surface area contributed by atoms with Gasteiger partial charge in [0.15, 0.2) is 5.76 Å². The number of anilines is 1. The van der Waals surface area contributed by atoms with Gasteiger partial charge in [-0.2, -0.15) is 0 Å². The van der Waals surface area contributed by atoms with Crippen molar-refractivity contribution in [2.75, 3.05) is 65.1 Å². The van der Waals surface area contributed by atoms with Crippen LogP contribution in [-0.4, -0.2) is 75.8 Å². The molecule has 0 saturated carbocycles. The molecule has 3 aliphatic rings. The molecule has 0 atom stereocenters. The number of ketones is 1. The summed E-state index contributed by atoms with van der Waals surface area (Å²) in [5.74, 6) is 1.77. The van der Waals surface area contributed by atoms with E-state index in [0.29, 0.717) is 23.8 Å². The molecule has 3 aliphatic heterocycles. The first kappa shape index (κ1) is 22.9. The van der Waals surface area contributed by atoms with E-state index in [-0.39, 0.29) is 5.78 Å². The highest BCUT2D eigenvalue weighted by Crippen LogP contribution is 2.43. The lowest BCUT2D eigenvalue weighted by atomic mass is 10.00. The molecule has 0 aliphatic carbocycles. The van der Waals surface area contributed by atoms with Gasteiger partial charge in [0.2, 0.25) is 5.78 Å². The molecule has 180 valence electrons. The molecule has 0 spiro atoms. The third-order valence-electron chi connectivity index (χ3n) is 6.76. The summed E-state index contributed by atoms with van der Waals surface area (Å²) in [6, 6.07) is 10.0. The first-order valence-corrected chi connectivity index (χ1v) is 12.0. The van der Waals surface area contributed by atoms with Crippen LogP contribution in [0.15, 0.2) is 36.1 Å². The maximum absolute atomic E-state index is 13.2. The number of morpholine rings is 1. The fourth-order valence-corrected chi connectivity index (χ4v) is 4.80. The van der Waals surface area contributed by atoms with Crippen LogP contribution in [0.1, 0.15) is 33.5 Å². The second kappa shape index (κ2) is 9.78. The van der Waals surface area contributed by atoms with E-state index in [9.17, 15) is 4.79 Å². The number of carbonyl (C=O) groups excluding carboxylic acids is 1. The Morgan fingerprint density at radius 1 is 1.03 bits per heavy atom. The Bertz CT molecular complexity index is 1090. The molecule has 0 unspecified atom stereocenters. The molecule has 0 aromatic heterocycles. The van der Waals surface area contributed by atoms with Crippen LogP contribution in [-0.2, 0) is 11.3 Å². The monoisotopic (exact) mass is 463 g/mol. The van der Waals surface area contributed by atoms with Crippen molar-refractivity contribution >= 4 is 17.5 Å². The van der Waals surface area contributed by atoms with Crippen molar-refractivity contribution < 1.29 is 19.0 Å². The van der Waals surface area contributed by atoms with E-state index >= 15 is 0 Å². The topological polar surface area (TPSA) is 54.5 Å². The molecule has 2 aromatic rings. The quantitative estimate of drug-likeness (QED) is 0.608. The Balaban J connectivity index is 1.27. The van der Waals surface area contributed by atoms with Gasteiger partial charge < -0.3 is 19.1 Å². The van der Waals surface area contributed by atoms with E-state index in [1.54, 1.807) is 0 Å². The molecule has 0 bridgehead atoms. The van der Waals surface area contributed by atoms with Gasteiger partial charge in [-0.25, -0.2) is 0 Å². The third-order valence-corrected chi connectivity index (χ3v) is 6.76. The summed E-state index contributed by atoms with van der Waals surface area (Å²) < 4.78 is 17.6. The highest BCUT2D eigenvalue weighted by molar-refractivity contribution is 6.15. The average molecular weight is 464 g/mol. The Morgan fingerprint density at radius 2 is 1.76 bits per heavy atom. The number of hydrogen-bond acceptors (Lipinski definition) is 7. The van der Waals surface area contributed by atoms with Crippen LogP contribution in [0.4, 0.5) is 5.69 Å². The molecule has 7 heteroatoms. The highest BCUT2D eigenvalue weighted by atomic mass is 16.5. The lowest BCUT2D eigenvalue weighted by molar-refractivity contribution is 0.0329. The zero-order valence-electron chi connectivity index (χ0n) is 20.3. The summed E-state index contributed by atoms with van der Waals surface area (Å²) >= 11 is 0. The number of Topliss-reactive ketones (excluding diaryl/α,β-unsaturated/α-hetero) is 1. The standard InChI is InChI=1S/C27H33N3O4/c1-19-26-21(17-30(18-33-26)10-4-9-29-11-13-32-14-12-29)16-23-25(31)24(34-27(19)23)15-20-5-7-22(8-6-20)28(2)3/h5-8,15-16H,4,9-14,17-18H2,1-3H3/b24-15-. The van der Waals surface area contributed by atoms with Gasteiger partial charge in [-0.1, -0.05) is 12.1 Å². The summed E-state index contributed by atoms with van der Waals surface area (Å²) in [6.07, 6.45) is 2.91. The van der Waals surface area contributed by atoms with Crippen LogP contribution in [0.2, 0.25) is 0 Å². The molecule has 3 heterocycles. The van der Waals surface area contributed by atoms with Gasteiger partial charge in [-0.3, -0.25) is 14.6 Å². The molecule has 1 fully saturated rings. The van der Waals surface area contributed by atoms with Crippen LogP contribution in [0.5, 0.6) is 11.5 Å². The Hall–Kier alpha value is -2.87. The zero-order valence-corrected chi connectivity index (χ0v) is 20.3. The Labute approximate surface area is 201 Å². The van der Waals surface area contributed by atoms with E-state index in [4.69, 9.17) is 14.2 Å². The van der Waals surface area contributed by atoms with Gasteiger partial charge in [-0.05, 0) is 49.7 Å². The van der Waals surface area contributed by atoms with Gasteiger partial charge in [0.05, 0.1) is 18.8 Å². The van der Waals surface area contributed by atoms with E-state index < -0.39 is 0 Å². The molecule has 0 radical (unpaired) electrons. The van der Waals surface area contributed by atoms with Crippen molar-refractivity contribution in [1.82, 2.24) is 9.80 Å². The minimum absolute atomic E-state index is 0.0676. The number of nitrogens with zero attached hydrogens (tertiary/aromatic N) is 3. The van der Waals surface area contributed by atoms with Crippen molar-refractivity contribution in [1.29, 1.82) is 0 Å². The maximum Gasteiger partial charge on any atom is 0.231 e. The first-order chi connectivity index (χ1) is 16.5. The lowest BCUT2D eigenvalue weighted by Gasteiger charge is -2.31. The van der Waals surface area contributed by atoms with Gasteiger partial charge in [0, 0.05) is 57.1 Å². The van der Waals surface area contributed by atoms with Crippen molar-refractivity contribution in [3.8, 4) is 11.5 Å². The summed E-state index contributed by atoms with van der Waals surface area (Å²) in [6.45, 7) is 9.06. The van der Waals surface area contributed by atoms with Crippen molar-refractivity contribution in [2.45, 2.75) is 19.9 Å². The highest BCUT2D eigenvalue weighted by Gasteiger charge is 2.33. The summed E-state index contributed by atoms with van der Waals surface area (Å²) in [5.41, 5.74) is 4.64. The molecular weight excluding hydrogens is 430 g/mol. The number of benzene rings is 2. The van der Waals surface area contributed by atoms with Crippen molar-refractivity contribution in [3.63, 3.8) is 0 Å². The second-order valence-corrected chi connectivity index (χ2v) is 9.43. The van der Waals surface area contributed by atoms with Crippen LogP contribution >= 0.6 is 0 Å². The third kappa shape index (κ3) is 4.69. The van der Waals surface area contributed by atoms with E-state index in [1.165, 1.54) is 0 Å². The maximum atomic E-state index is 13.2. The smallest absolute Gasteiger partial charge is 0.231 e. The van der Waals surface area contributed by atoms with E-state index in [1.807, 2.05) is 62.3 Å². The van der Waals surface area contributed by atoms with E-state index in [2.05, 4.69) is 9.80 Å². The second-order valence-electron chi connectivity index (χ2n) is 9.43. The predicted octanol–water partition coefficient (Wildman–Crippen LogP) is 3.55. The minimum Gasteiger partial charge on any atom is -0.477 e. The minimum atomic E-state index is -0.0676. The fourth-order valence-electron chi connectivity index (χ4n) is 4.80. The van der Waals surface area contributed by atoms with Gasteiger partial charge in [0.25, 0.3) is 0 Å². The lowest BCUT2D eigenvalue weighted by Crippen LogP contribution is -2.39. The molecule has 0 amide bonds. The number of rotatable bonds is 6. The van der Waals surface area contributed by atoms with Crippen molar-refractivity contribution in [2.24, 2.45) is 0 Å². The number of ether oxygens (including phenoxy) is 3. The first-order valence-electron chi connectivity index (χ1n) is 12.0. The van der Waals surface area contributed by atoms with Gasteiger partial charge >= 0.3 is 0 Å². The largest absolute Gasteiger partial charge is 0.477 e. The number of fused-ring (bicyclic) bond motifs is 2.